The maximum absolute atomic E-state index is 13.4. The van der Waals surface area contributed by atoms with Crippen molar-refractivity contribution >= 4 is 39.6 Å². The molecule has 4 rings (SSSR count). The third-order valence-electron chi connectivity index (χ3n) is 5.49. The fourth-order valence-corrected chi connectivity index (χ4v) is 5.61. The molecule has 2 aromatic rings. The van der Waals surface area contributed by atoms with Gasteiger partial charge >= 0.3 is 5.97 Å². The summed E-state index contributed by atoms with van der Waals surface area (Å²) >= 11 is 7.25. The van der Waals surface area contributed by atoms with Gasteiger partial charge in [-0.05, 0) is 54.7 Å². The number of nitrogens with zero attached hydrogens (tertiary/aromatic N) is 2. The van der Waals surface area contributed by atoms with Gasteiger partial charge in [0.15, 0.2) is 5.11 Å². The molecule has 0 unspecified atom stereocenters. The number of esters is 1. The second-order valence-corrected chi connectivity index (χ2v) is 8.87. The highest BCUT2D eigenvalue weighted by Gasteiger charge is 2.28. The van der Waals surface area contributed by atoms with Crippen molar-refractivity contribution in [3.05, 3.63) is 51.7 Å². The first-order chi connectivity index (χ1) is 14.0. The summed E-state index contributed by atoms with van der Waals surface area (Å²) in [6, 6.07) is 6.75. The molecule has 0 radical (unpaired) electrons. The number of rotatable bonds is 4. The molecule has 154 valence electrons. The van der Waals surface area contributed by atoms with Crippen LogP contribution < -0.4 is 5.32 Å². The number of hydrogen-bond acceptors (Lipinski definition) is 5. The van der Waals surface area contributed by atoms with Crippen LogP contribution in [0, 0.1) is 5.82 Å². The molecule has 0 bridgehead atoms. The Bertz CT molecular complexity index is 923. The van der Waals surface area contributed by atoms with Gasteiger partial charge in [0.1, 0.15) is 10.8 Å². The summed E-state index contributed by atoms with van der Waals surface area (Å²) in [5.74, 6) is -0.495. The summed E-state index contributed by atoms with van der Waals surface area (Å²) in [6.07, 6.45) is 3.02. The predicted octanol–water partition coefficient (Wildman–Crippen LogP) is 3.68. The first-order valence-electron chi connectivity index (χ1n) is 9.80. The molecule has 1 saturated heterocycles. The summed E-state index contributed by atoms with van der Waals surface area (Å²) in [7, 11) is 1.42. The van der Waals surface area contributed by atoms with E-state index in [4.69, 9.17) is 17.0 Å². The number of benzene rings is 1. The van der Waals surface area contributed by atoms with Gasteiger partial charge in [0.25, 0.3) is 0 Å². The number of fused-ring (bicyclic) bond motifs is 1. The Morgan fingerprint density at radius 1 is 1.28 bits per heavy atom. The third-order valence-corrected chi connectivity index (χ3v) is 7.05. The van der Waals surface area contributed by atoms with Crippen LogP contribution in [-0.2, 0) is 24.1 Å². The number of aryl methyl sites for hydroxylation is 1. The van der Waals surface area contributed by atoms with Gasteiger partial charge in [-0.1, -0.05) is 12.1 Å². The Hall–Kier alpha value is -2.03. The van der Waals surface area contributed by atoms with Crippen LogP contribution in [0.1, 0.15) is 32.8 Å². The first kappa shape index (κ1) is 20.3. The van der Waals surface area contributed by atoms with E-state index in [9.17, 15) is 9.18 Å². The highest BCUT2D eigenvalue weighted by Crippen LogP contribution is 2.39. The number of thiophene rings is 1. The number of piperazine rings is 1. The number of ether oxygens (including phenoxy) is 1. The minimum absolute atomic E-state index is 0.198. The largest absolute Gasteiger partial charge is 0.465 e. The van der Waals surface area contributed by atoms with Gasteiger partial charge in [-0.15, -0.1) is 11.3 Å². The summed E-state index contributed by atoms with van der Waals surface area (Å²) < 4.78 is 18.4. The van der Waals surface area contributed by atoms with Crippen LogP contribution in [0.2, 0.25) is 0 Å². The van der Waals surface area contributed by atoms with Gasteiger partial charge in [0, 0.05) is 37.6 Å². The molecule has 0 atom stereocenters. The van der Waals surface area contributed by atoms with Crippen molar-refractivity contribution in [2.24, 2.45) is 0 Å². The molecule has 0 spiro atoms. The number of hydrogen-bond donors (Lipinski definition) is 1. The van der Waals surface area contributed by atoms with Gasteiger partial charge in [-0.2, -0.15) is 0 Å². The van der Waals surface area contributed by atoms with E-state index < -0.39 is 0 Å². The molecule has 1 aliphatic carbocycles. The zero-order valence-corrected chi connectivity index (χ0v) is 18.0. The van der Waals surface area contributed by atoms with E-state index in [1.165, 1.54) is 18.1 Å². The minimum atomic E-state index is -0.297. The van der Waals surface area contributed by atoms with Crippen molar-refractivity contribution in [3.63, 3.8) is 0 Å². The molecule has 2 heterocycles. The summed E-state index contributed by atoms with van der Waals surface area (Å²) in [5, 5.41) is 4.74. The van der Waals surface area contributed by atoms with Gasteiger partial charge in [0.2, 0.25) is 0 Å². The van der Waals surface area contributed by atoms with Gasteiger partial charge in [-0.25, -0.2) is 9.18 Å². The number of anilines is 1. The molecular weight excluding hydrogens is 409 g/mol. The Kier molecular flexibility index (Phi) is 6.12. The van der Waals surface area contributed by atoms with Crippen molar-refractivity contribution in [3.8, 4) is 0 Å². The quantitative estimate of drug-likeness (QED) is 0.586. The van der Waals surface area contributed by atoms with Crippen LogP contribution in [0.25, 0.3) is 0 Å². The molecule has 8 heteroatoms. The molecule has 1 N–H and O–H groups in total. The van der Waals surface area contributed by atoms with Crippen LogP contribution in [0.5, 0.6) is 0 Å². The van der Waals surface area contributed by atoms with Gasteiger partial charge < -0.3 is 15.0 Å². The van der Waals surface area contributed by atoms with E-state index in [2.05, 4.69) is 15.1 Å². The highest BCUT2D eigenvalue weighted by atomic mass is 32.1. The Balaban J connectivity index is 1.37. The van der Waals surface area contributed by atoms with E-state index in [1.54, 1.807) is 23.5 Å². The summed E-state index contributed by atoms with van der Waals surface area (Å²) in [4.78, 5) is 18.0. The second kappa shape index (κ2) is 8.77. The lowest BCUT2D eigenvalue weighted by molar-refractivity contribution is 0.0601. The number of thiocarbonyl (C=S) groups is 1. The average Bonchev–Trinajstić information content (AvgIpc) is 3.29. The molecule has 1 aromatic carbocycles. The maximum Gasteiger partial charge on any atom is 0.341 e. The molecule has 5 nitrogen and oxygen atoms in total. The lowest BCUT2D eigenvalue weighted by atomic mass is 10.1. The third kappa shape index (κ3) is 4.44. The number of methoxy groups -OCH3 is 1. The zero-order chi connectivity index (χ0) is 20.4. The molecule has 2 aliphatic rings. The Labute approximate surface area is 179 Å². The second-order valence-electron chi connectivity index (χ2n) is 7.38. The topological polar surface area (TPSA) is 44.8 Å². The fraction of sp³-hybridized carbons (Fsp3) is 0.429. The Morgan fingerprint density at radius 3 is 2.79 bits per heavy atom. The number of carbonyl (C=O) groups is 1. The van der Waals surface area contributed by atoms with Crippen LogP contribution in [-0.4, -0.2) is 54.2 Å². The molecule has 0 saturated carbocycles. The van der Waals surface area contributed by atoms with Gasteiger partial charge in [0.05, 0.1) is 12.7 Å². The smallest absolute Gasteiger partial charge is 0.341 e. The average molecular weight is 434 g/mol. The predicted molar refractivity (Wildman–Crippen MR) is 117 cm³/mol. The lowest BCUT2D eigenvalue weighted by Crippen LogP contribution is -2.49. The molecule has 1 aliphatic heterocycles. The normalized spacial score (nSPS) is 16.6. The lowest BCUT2D eigenvalue weighted by Gasteiger charge is -2.36. The van der Waals surface area contributed by atoms with Crippen molar-refractivity contribution in [1.29, 1.82) is 0 Å². The summed E-state index contributed by atoms with van der Waals surface area (Å²) in [6.45, 7) is 4.02. The van der Waals surface area contributed by atoms with Crippen LogP contribution in [0.3, 0.4) is 0 Å². The van der Waals surface area contributed by atoms with Crippen LogP contribution in [0.15, 0.2) is 24.3 Å². The van der Waals surface area contributed by atoms with Gasteiger partial charge in [-0.3, -0.25) is 4.90 Å². The van der Waals surface area contributed by atoms with Crippen molar-refractivity contribution in [1.82, 2.24) is 9.80 Å². The fourth-order valence-electron chi connectivity index (χ4n) is 3.99. The maximum atomic E-state index is 13.4. The minimum Gasteiger partial charge on any atom is -0.465 e. The zero-order valence-electron chi connectivity index (χ0n) is 16.4. The highest BCUT2D eigenvalue weighted by molar-refractivity contribution is 7.80. The van der Waals surface area contributed by atoms with E-state index in [0.29, 0.717) is 10.7 Å². The van der Waals surface area contributed by atoms with Crippen LogP contribution in [0.4, 0.5) is 9.39 Å². The van der Waals surface area contributed by atoms with E-state index in [-0.39, 0.29) is 11.8 Å². The monoisotopic (exact) mass is 433 g/mol. The van der Waals surface area contributed by atoms with E-state index in [1.807, 2.05) is 6.07 Å². The van der Waals surface area contributed by atoms with E-state index in [0.717, 1.165) is 68.1 Å². The Morgan fingerprint density at radius 2 is 2.07 bits per heavy atom. The number of carbonyl (C=O) groups excluding carboxylic acids is 1. The van der Waals surface area contributed by atoms with Crippen molar-refractivity contribution < 1.29 is 13.9 Å². The van der Waals surface area contributed by atoms with E-state index >= 15 is 0 Å². The van der Waals surface area contributed by atoms with Crippen molar-refractivity contribution in [2.75, 3.05) is 38.6 Å². The first-order valence-corrected chi connectivity index (χ1v) is 11.0. The number of halogens is 1. The van der Waals surface area contributed by atoms with Crippen molar-refractivity contribution in [2.45, 2.75) is 25.8 Å². The molecule has 1 fully saturated rings. The molecule has 1 aromatic heterocycles. The number of nitrogens with one attached hydrogen (secondary N) is 1. The van der Waals surface area contributed by atoms with Crippen LogP contribution >= 0.6 is 23.6 Å². The summed E-state index contributed by atoms with van der Waals surface area (Å²) in [5.41, 5.74) is 2.75. The molecule has 29 heavy (non-hydrogen) atoms. The molecular formula is C21H24FN3O2S2. The standard InChI is InChI=1S/C21H24FN3O2S2/c1-27-20(26)18-16-6-3-7-17(16)29-19(18)23-21(28)25-10-8-24(9-11-25)13-14-4-2-5-15(22)12-14/h2,4-5,12H,3,6-11,13H2,1H3,(H,23,28). The molecule has 0 amide bonds. The SMILES string of the molecule is COC(=O)c1c(NC(=S)N2CCN(Cc3cccc(F)c3)CC2)sc2c1CCC2.